The molecule has 4 unspecified atom stereocenters. The Kier molecular flexibility index (Phi) is 11.3. The zero-order valence-corrected chi connectivity index (χ0v) is 21.8. The molecular weight excluding hydrogens is 494 g/mol. The average Bonchev–Trinajstić information content (AvgIpc) is 3.35. The van der Waals surface area contributed by atoms with Crippen LogP contribution in [0.25, 0.3) is 0 Å². The van der Waals surface area contributed by atoms with Crippen LogP contribution in [0.3, 0.4) is 0 Å². The Morgan fingerprint density at radius 1 is 1.08 bits per heavy atom. The molecule has 1 heterocycles. The van der Waals surface area contributed by atoms with Gasteiger partial charge in [0.15, 0.2) is 5.96 Å². The maximum absolute atomic E-state index is 13.5. The molecule has 0 spiro atoms. The van der Waals surface area contributed by atoms with Gasteiger partial charge >= 0.3 is 5.97 Å². The van der Waals surface area contributed by atoms with E-state index in [-0.39, 0.29) is 43.6 Å². The van der Waals surface area contributed by atoms with Crippen molar-refractivity contribution in [1.29, 1.82) is 0 Å². The van der Waals surface area contributed by atoms with Gasteiger partial charge in [-0.05, 0) is 49.3 Å². The van der Waals surface area contributed by atoms with Gasteiger partial charge < -0.3 is 42.9 Å². The molecule has 0 bridgehead atoms. The number of rotatable bonds is 13. The molecule has 0 aromatic heterocycles. The van der Waals surface area contributed by atoms with E-state index in [1.807, 2.05) is 0 Å². The minimum atomic E-state index is -1.11. The molecule has 0 radical (unpaired) electrons. The standard InChI is InChI=1S/C25H39N7O6/c1-14(2)20(26)22(35)30-17(5-3-11-29-25(27)28)21(34)31-18(13-15-7-9-16(33)10-8-15)23(36)32-12-4-6-19(32)24(37)38/h7-10,14,17-20,33H,3-6,11-13,26H2,1-2H3,(H,30,35)(H,31,34)(H,37,38)(H4,27,28,29). The van der Waals surface area contributed by atoms with Gasteiger partial charge in [-0.25, -0.2) is 4.79 Å². The number of phenolic OH excluding ortho intramolecular Hbond substituents is 1. The lowest BCUT2D eigenvalue weighted by Gasteiger charge is -2.29. The number of aromatic hydroxyl groups is 1. The Morgan fingerprint density at radius 3 is 2.29 bits per heavy atom. The number of guanidine groups is 1. The van der Waals surface area contributed by atoms with E-state index in [0.29, 0.717) is 24.8 Å². The van der Waals surface area contributed by atoms with Crippen molar-refractivity contribution in [2.45, 2.75) is 70.1 Å². The van der Waals surface area contributed by atoms with Crippen molar-refractivity contribution in [1.82, 2.24) is 15.5 Å². The van der Waals surface area contributed by atoms with Crippen LogP contribution < -0.4 is 27.8 Å². The summed E-state index contributed by atoms with van der Waals surface area (Å²) in [4.78, 5) is 56.4. The fourth-order valence-corrected chi connectivity index (χ4v) is 4.17. The lowest BCUT2D eigenvalue weighted by molar-refractivity contribution is -0.149. The number of carbonyl (C=O) groups excluding carboxylic acids is 3. The zero-order valence-electron chi connectivity index (χ0n) is 21.8. The van der Waals surface area contributed by atoms with Crippen LogP contribution >= 0.6 is 0 Å². The van der Waals surface area contributed by atoms with Gasteiger partial charge in [0.25, 0.3) is 0 Å². The summed E-state index contributed by atoms with van der Waals surface area (Å²) < 4.78 is 0. The van der Waals surface area contributed by atoms with E-state index in [4.69, 9.17) is 17.2 Å². The van der Waals surface area contributed by atoms with Crippen LogP contribution in [0, 0.1) is 5.92 Å². The normalized spacial score (nSPS) is 17.4. The molecule has 3 amide bonds. The second-order valence-corrected chi connectivity index (χ2v) is 9.74. The maximum Gasteiger partial charge on any atom is 0.326 e. The number of carbonyl (C=O) groups is 4. The zero-order chi connectivity index (χ0) is 28.4. The highest BCUT2D eigenvalue weighted by molar-refractivity contribution is 5.94. The molecule has 4 atom stereocenters. The number of phenols is 1. The fraction of sp³-hybridized carbons (Fsp3) is 0.560. The molecule has 38 heavy (non-hydrogen) atoms. The van der Waals surface area contributed by atoms with Gasteiger partial charge in [0.05, 0.1) is 6.04 Å². The summed E-state index contributed by atoms with van der Waals surface area (Å²) in [6.45, 7) is 4.03. The summed E-state index contributed by atoms with van der Waals surface area (Å²) in [6.07, 6.45) is 1.42. The average molecular weight is 534 g/mol. The fourth-order valence-electron chi connectivity index (χ4n) is 4.17. The number of carboxylic acid groups (broad SMARTS) is 1. The summed E-state index contributed by atoms with van der Waals surface area (Å²) in [5.41, 5.74) is 17.3. The Labute approximate surface area is 221 Å². The molecule has 2 rings (SSSR count). The number of aliphatic carboxylic acids is 1. The molecule has 1 aromatic carbocycles. The quantitative estimate of drug-likeness (QED) is 0.0937. The van der Waals surface area contributed by atoms with E-state index >= 15 is 0 Å². The lowest BCUT2D eigenvalue weighted by atomic mass is 10.0. The van der Waals surface area contributed by atoms with Crippen LogP contribution in [0.1, 0.15) is 45.1 Å². The molecule has 0 saturated carbocycles. The summed E-state index contributed by atoms with van der Waals surface area (Å²) >= 11 is 0. The molecule has 13 heteroatoms. The first kappa shape index (κ1) is 30.4. The van der Waals surface area contributed by atoms with E-state index < -0.39 is 47.9 Å². The first-order chi connectivity index (χ1) is 17.9. The number of aliphatic imine (C=N–C) groups is 1. The third-order valence-electron chi connectivity index (χ3n) is 6.41. The highest BCUT2D eigenvalue weighted by atomic mass is 16.4. The number of carboxylic acids is 1. The second kappa shape index (κ2) is 14.2. The summed E-state index contributed by atoms with van der Waals surface area (Å²) in [5, 5.41) is 24.5. The summed E-state index contributed by atoms with van der Waals surface area (Å²) in [5.74, 6) is -3.03. The molecule has 0 aliphatic carbocycles. The number of likely N-dealkylation sites (tertiary alicyclic amines) is 1. The van der Waals surface area contributed by atoms with Crippen molar-refractivity contribution in [3.05, 3.63) is 29.8 Å². The molecule has 1 saturated heterocycles. The number of amides is 3. The van der Waals surface area contributed by atoms with Gasteiger partial charge in [-0.1, -0.05) is 26.0 Å². The van der Waals surface area contributed by atoms with Crippen molar-refractivity contribution in [2.24, 2.45) is 28.1 Å². The molecule has 1 fully saturated rings. The van der Waals surface area contributed by atoms with Crippen molar-refractivity contribution in [3.8, 4) is 5.75 Å². The number of benzene rings is 1. The largest absolute Gasteiger partial charge is 0.508 e. The third kappa shape index (κ3) is 8.91. The number of nitrogens with two attached hydrogens (primary N) is 3. The monoisotopic (exact) mass is 533 g/mol. The van der Waals surface area contributed by atoms with Gasteiger partial charge in [0.2, 0.25) is 17.7 Å². The van der Waals surface area contributed by atoms with Gasteiger partial charge in [-0.3, -0.25) is 19.4 Å². The third-order valence-corrected chi connectivity index (χ3v) is 6.41. The molecule has 210 valence electrons. The number of hydrogen-bond donors (Lipinski definition) is 7. The lowest BCUT2D eigenvalue weighted by Crippen LogP contribution is -2.58. The second-order valence-electron chi connectivity index (χ2n) is 9.74. The highest BCUT2D eigenvalue weighted by Gasteiger charge is 2.38. The van der Waals surface area contributed by atoms with Crippen LogP contribution in [0.15, 0.2) is 29.3 Å². The molecule has 1 aliphatic rings. The Balaban J connectivity index is 2.28. The molecule has 13 nitrogen and oxygen atoms in total. The Hall–Kier alpha value is -3.87. The Bertz CT molecular complexity index is 1010. The van der Waals surface area contributed by atoms with Gasteiger partial charge in [0.1, 0.15) is 23.9 Å². The highest BCUT2D eigenvalue weighted by Crippen LogP contribution is 2.20. The van der Waals surface area contributed by atoms with E-state index in [2.05, 4.69) is 15.6 Å². The predicted molar refractivity (Wildman–Crippen MR) is 141 cm³/mol. The van der Waals surface area contributed by atoms with Crippen molar-refractivity contribution in [2.75, 3.05) is 13.1 Å². The predicted octanol–water partition coefficient (Wildman–Crippen LogP) is -0.983. The van der Waals surface area contributed by atoms with Crippen molar-refractivity contribution >= 4 is 29.7 Å². The molecule has 10 N–H and O–H groups in total. The number of nitrogens with one attached hydrogen (secondary N) is 2. The van der Waals surface area contributed by atoms with Crippen molar-refractivity contribution in [3.63, 3.8) is 0 Å². The van der Waals surface area contributed by atoms with Gasteiger partial charge in [-0.2, -0.15) is 0 Å². The van der Waals surface area contributed by atoms with E-state index in [9.17, 15) is 29.4 Å². The molecular formula is C25H39N7O6. The topological polar surface area (TPSA) is 226 Å². The number of nitrogens with zero attached hydrogens (tertiary/aromatic N) is 2. The minimum absolute atomic E-state index is 0.0381. The minimum Gasteiger partial charge on any atom is -0.508 e. The van der Waals surface area contributed by atoms with Gasteiger partial charge in [-0.15, -0.1) is 0 Å². The van der Waals surface area contributed by atoms with Crippen LogP contribution in [0.2, 0.25) is 0 Å². The SMILES string of the molecule is CC(C)C(N)C(=O)NC(CCCN=C(N)N)C(=O)NC(Cc1ccc(O)cc1)C(=O)N1CCCC1C(=O)O. The van der Waals surface area contributed by atoms with Gasteiger partial charge in [0, 0.05) is 19.5 Å². The maximum atomic E-state index is 13.5. The Morgan fingerprint density at radius 2 is 1.71 bits per heavy atom. The van der Waals surface area contributed by atoms with Crippen LogP contribution in [0.5, 0.6) is 5.75 Å². The van der Waals surface area contributed by atoms with Crippen LogP contribution in [0.4, 0.5) is 0 Å². The van der Waals surface area contributed by atoms with E-state index in [0.717, 1.165) is 0 Å². The first-order valence-electron chi connectivity index (χ1n) is 12.6. The first-order valence-corrected chi connectivity index (χ1v) is 12.6. The summed E-state index contributed by atoms with van der Waals surface area (Å²) in [7, 11) is 0. The smallest absolute Gasteiger partial charge is 0.326 e. The van der Waals surface area contributed by atoms with Crippen LogP contribution in [-0.4, -0.2) is 82.0 Å². The molecule has 1 aromatic rings. The number of hydrogen-bond acceptors (Lipinski definition) is 7. The molecule has 1 aliphatic heterocycles. The van der Waals surface area contributed by atoms with E-state index in [1.54, 1.807) is 26.0 Å². The van der Waals surface area contributed by atoms with E-state index in [1.165, 1.54) is 17.0 Å². The van der Waals surface area contributed by atoms with Crippen LogP contribution in [-0.2, 0) is 25.6 Å². The van der Waals surface area contributed by atoms with Crippen molar-refractivity contribution < 1.29 is 29.4 Å². The summed E-state index contributed by atoms with van der Waals surface area (Å²) in [6, 6.07) is 2.14.